The van der Waals surface area contributed by atoms with Gasteiger partial charge in [0.2, 0.25) is 5.91 Å². The summed E-state index contributed by atoms with van der Waals surface area (Å²) in [6.45, 7) is 0. The summed E-state index contributed by atoms with van der Waals surface area (Å²) in [4.78, 5) is 31.9. The van der Waals surface area contributed by atoms with Gasteiger partial charge in [0.05, 0.1) is 22.6 Å². The zero-order valence-electron chi connectivity index (χ0n) is 15.8. The van der Waals surface area contributed by atoms with Crippen LogP contribution in [0.25, 0.3) is 0 Å². The van der Waals surface area contributed by atoms with E-state index in [2.05, 4.69) is 0 Å². The number of non-ortho nitro benzene ring substituents is 1. The number of thioether (sulfide) groups is 1. The van der Waals surface area contributed by atoms with Gasteiger partial charge in [-0.1, -0.05) is 54.6 Å². The number of fused-ring (bicyclic) bond motifs is 3. The average Bonchev–Trinajstić information content (AvgIpc) is 3.15. The van der Waals surface area contributed by atoms with Crippen LogP contribution in [0.2, 0.25) is 0 Å². The number of amidine groups is 1. The fraction of sp³-hybridized carbons (Fsp3) is 0.130. The highest BCUT2D eigenvalue weighted by Crippen LogP contribution is 2.46. The van der Waals surface area contributed by atoms with E-state index in [1.54, 1.807) is 17.0 Å². The molecule has 3 aromatic carbocycles. The molecule has 0 fully saturated rings. The van der Waals surface area contributed by atoms with Gasteiger partial charge in [0.1, 0.15) is 0 Å². The summed E-state index contributed by atoms with van der Waals surface area (Å²) >= 11 is 1.52. The molecule has 0 saturated carbocycles. The summed E-state index contributed by atoms with van der Waals surface area (Å²) in [5.41, 5.74) is 2.77. The highest BCUT2D eigenvalue weighted by molar-refractivity contribution is 8.15. The van der Waals surface area contributed by atoms with E-state index in [9.17, 15) is 14.9 Å². The zero-order chi connectivity index (χ0) is 20.7. The summed E-state index contributed by atoms with van der Waals surface area (Å²) in [6.07, 6.45) is 0.455. The minimum absolute atomic E-state index is 0.00431. The molecule has 0 saturated heterocycles. The van der Waals surface area contributed by atoms with Gasteiger partial charge in [-0.05, 0) is 41.4 Å². The fourth-order valence-electron chi connectivity index (χ4n) is 3.95. The first-order valence-electron chi connectivity index (χ1n) is 9.59. The number of rotatable bonds is 4. The Morgan fingerprint density at radius 1 is 0.967 bits per heavy atom. The SMILES string of the molecule is O=C1[C@@H](Cc2ccc([N+](=O)[O-])cc2)[C@@H](c2ccccc2)N=C2Sc3ccccc3N12. The van der Waals surface area contributed by atoms with Gasteiger partial charge in [-0.25, -0.2) is 0 Å². The Labute approximate surface area is 177 Å². The second-order valence-electron chi connectivity index (χ2n) is 7.24. The normalized spacial score (nSPS) is 19.8. The predicted molar refractivity (Wildman–Crippen MR) is 117 cm³/mol. The van der Waals surface area contributed by atoms with Crippen LogP contribution in [0.15, 0.2) is 88.8 Å². The van der Waals surface area contributed by atoms with Crippen molar-refractivity contribution in [2.24, 2.45) is 10.9 Å². The maximum absolute atomic E-state index is 13.7. The molecule has 2 heterocycles. The molecule has 5 rings (SSSR count). The molecule has 1 amide bonds. The summed E-state index contributed by atoms with van der Waals surface area (Å²) in [7, 11) is 0. The van der Waals surface area contributed by atoms with Crippen LogP contribution in [0.1, 0.15) is 17.2 Å². The van der Waals surface area contributed by atoms with Crippen LogP contribution in [-0.2, 0) is 11.2 Å². The lowest BCUT2D eigenvalue weighted by atomic mass is 9.86. The number of benzene rings is 3. The van der Waals surface area contributed by atoms with E-state index in [0.717, 1.165) is 21.7 Å². The summed E-state index contributed by atoms with van der Waals surface area (Å²) < 4.78 is 0. The third-order valence-corrected chi connectivity index (χ3v) is 6.45. The van der Waals surface area contributed by atoms with E-state index in [1.165, 1.54) is 23.9 Å². The monoisotopic (exact) mass is 415 g/mol. The Bertz CT molecular complexity index is 1160. The molecule has 3 aromatic rings. The molecule has 0 aliphatic carbocycles. The van der Waals surface area contributed by atoms with Gasteiger partial charge in [0, 0.05) is 17.0 Å². The summed E-state index contributed by atoms with van der Waals surface area (Å²) in [6, 6.07) is 23.7. The van der Waals surface area contributed by atoms with Crippen LogP contribution in [0.3, 0.4) is 0 Å². The molecular formula is C23H17N3O3S. The smallest absolute Gasteiger partial charge is 0.269 e. The van der Waals surface area contributed by atoms with Gasteiger partial charge in [0.15, 0.2) is 5.17 Å². The van der Waals surface area contributed by atoms with Gasteiger partial charge in [0.25, 0.3) is 5.69 Å². The Kier molecular flexibility index (Phi) is 4.59. The number of carbonyl (C=O) groups excluding carboxylic acids is 1. The molecule has 0 aromatic heterocycles. The van der Waals surface area contributed by atoms with Gasteiger partial charge < -0.3 is 0 Å². The lowest BCUT2D eigenvalue weighted by Crippen LogP contribution is -2.44. The molecule has 2 aliphatic heterocycles. The van der Waals surface area contributed by atoms with Crippen molar-refractivity contribution >= 4 is 34.2 Å². The molecule has 2 aliphatic rings. The molecule has 6 nitrogen and oxygen atoms in total. The van der Waals surface area contributed by atoms with Crippen molar-refractivity contribution in [2.45, 2.75) is 17.4 Å². The van der Waals surface area contributed by atoms with E-state index >= 15 is 0 Å². The molecule has 30 heavy (non-hydrogen) atoms. The number of anilines is 1. The Morgan fingerprint density at radius 3 is 2.40 bits per heavy atom. The number of nitrogens with zero attached hydrogens (tertiary/aromatic N) is 3. The lowest BCUT2D eigenvalue weighted by Gasteiger charge is -2.33. The quantitative estimate of drug-likeness (QED) is 0.444. The van der Waals surface area contributed by atoms with Crippen LogP contribution in [-0.4, -0.2) is 16.0 Å². The highest BCUT2D eigenvalue weighted by Gasteiger charge is 2.43. The van der Waals surface area contributed by atoms with Crippen molar-refractivity contribution in [3.8, 4) is 0 Å². The molecule has 0 N–H and O–H groups in total. The Hall–Kier alpha value is -3.45. The van der Waals surface area contributed by atoms with E-state index in [-0.39, 0.29) is 17.6 Å². The van der Waals surface area contributed by atoms with Gasteiger partial charge in [-0.15, -0.1) is 0 Å². The van der Waals surface area contributed by atoms with Crippen LogP contribution >= 0.6 is 11.8 Å². The Balaban J connectivity index is 1.55. The van der Waals surface area contributed by atoms with Crippen LogP contribution < -0.4 is 4.90 Å². The zero-order valence-corrected chi connectivity index (χ0v) is 16.7. The van der Waals surface area contributed by atoms with Crippen molar-refractivity contribution in [2.75, 3.05) is 4.90 Å². The largest absolute Gasteiger partial charge is 0.274 e. The van der Waals surface area contributed by atoms with Crippen LogP contribution in [0.5, 0.6) is 0 Å². The van der Waals surface area contributed by atoms with Gasteiger partial charge >= 0.3 is 0 Å². The maximum atomic E-state index is 13.7. The second kappa shape index (κ2) is 7.42. The number of aliphatic imine (C=N–C) groups is 1. The molecule has 0 bridgehead atoms. The van der Waals surface area contributed by atoms with Crippen molar-refractivity contribution in [3.05, 3.63) is 100 Å². The minimum Gasteiger partial charge on any atom is -0.274 e. The maximum Gasteiger partial charge on any atom is 0.269 e. The molecular weight excluding hydrogens is 398 g/mol. The number of hydrogen-bond acceptors (Lipinski definition) is 5. The number of nitro benzene ring substituents is 1. The third-order valence-electron chi connectivity index (χ3n) is 5.41. The number of para-hydroxylation sites is 1. The lowest BCUT2D eigenvalue weighted by molar-refractivity contribution is -0.384. The highest BCUT2D eigenvalue weighted by atomic mass is 32.2. The molecule has 0 radical (unpaired) electrons. The standard InChI is InChI=1S/C23H17N3O3S/c27-22-18(14-15-10-12-17(13-11-15)26(28)29)21(16-6-2-1-3-7-16)24-23-25(22)19-8-4-5-9-20(19)30-23/h1-13,18,21H,14H2/t18-,21+/m0/s1. The van der Waals surface area contributed by atoms with Crippen molar-refractivity contribution in [1.29, 1.82) is 0 Å². The molecule has 2 atom stereocenters. The van der Waals surface area contributed by atoms with E-state index in [1.807, 2.05) is 54.6 Å². The van der Waals surface area contributed by atoms with E-state index < -0.39 is 10.8 Å². The minimum atomic E-state index is -0.419. The van der Waals surface area contributed by atoms with Crippen molar-refractivity contribution < 1.29 is 9.72 Å². The number of carbonyl (C=O) groups is 1. The number of amides is 1. The first-order valence-corrected chi connectivity index (χ1v) is 10.4. The van der Waals surface area contributed by atoms with E-state index in [0.29, 0.717) is 11.6 Å². The third kappa shape index (κ3) is 3.17. The Morgan fingerprint density at radius 2 is 1.67 bits per heavy atom. The van der Waals surface area contributed by atoms with Crippen molar-refractivity contribution in [3.63, 3.8) is 0 Å². The first-order chi connectivity index (χ1) is 14.6. The molecule has 0 unspecified atom stereocenters. The fourth-order valence-corrected chi connectivity index (χ4v) is 5.00. The summed E-state index contributed by atoms with van der Waals surface area (Å²) in [5.74, 6) is -0.394. The molecule has 0 spiro atoms. The van der Waals surface area contributed by atoms with Crippen molar-refractivity contribution in [1.82, 2.24) is 0 Å². The number of hydrogen-bond donors (Lipinski definition) is 0. The molecule has 7 heteroatoms. The first kappa shape index (κ1) is 18.6. The number of nitro groups is 1. The van der Waals surface area contributed by atoms with Crippen LogP contribution in [0, 0.1) is 16.0 Å². The average molecular weight is 415 g/mol. The molecule has 148 valence electrons. The predicted octanol–water partition coefficient (Wildman–Crippen LogP) is 5.00. The van der Waals surface area contributed by atoms with Gasteiger partial charge in [-0.2, -0.15) is 0 Å². The second-order valence-corrected chi connectivity index (χ2v) is 8.25. The topological polar surface area (TPSA) is 75.8 Å². The van der Waals surface area contributed by atoms with E-state index in [4.69, 9.17) is 4.99 Å². The van der Waals surface area contributed by atoms with Crippen LogP contribution in [0.4, 0.5) is 11.4 Å². The van der Waals surface area contributed by atoms with Gasteiger partial charge in [-0.3, -0.25) is 24.8 Å². The summed E-state index contributed by atoms with van der Waals surface area (Å²) in [5, 5.41) is 11.7.